The van der Waals surface area contributed by atoms with Gasteiger partial charge < -0.3 is 14.8 Å². The molecule has 0 spiro atoms. The van der Waals surface area contributed by atoms with Gasteiger partial charge in [0.1, 0.15) is 0 Å². The third kappa shape index (κ3) is 5.49. The van der Waals surface area contributed by atoms with Crippen LogP contribution < -0.4 is 14.8 Å². The van der Waals surface area contributed by atoms with E-state index in [1.54, 1.807) is 31.6 Å². The molecule has 0 bridgehead atoms. The molecule has 5 heteroatoms. The first-order valence-corrected chi connectivity index (χ1v) is 12.1. The summed E-state index contributed by atoms with van der Waals surface area (Å²) in [6, 6.07) is 16.4. The number of ether oxygens (including phenoxy) is 2. The largest absolute Gasteiger partial charge is 0.493 e. The number of thiophene rings is 1. The highest BCUT2D eigenvalue weighted by molar-refractivity contribution is 7.11. The van der Waals surface area contributed by atoms with Crippen molar-refractivity contribution < 1.29 is 14.3 Å². The molecule has 0 aliphatic carbocycles. The van der Waals surface area contributed by atoms with Crippen LogP contribution in [0.1, 0.15) is 48.8 Å². The molecule has 1 N–H and O–H groups in total. The van der Waals surface area contributed by atoms with Gasteiger partial charge in [0, 0.05) is 16.5 Å². The van der Waals surface area contributed by atoms with Gasteiger partial charge in [-0.25, -0.2) is 0 Å². The summed E-state index contributed by atoms with van der Waals surface area (Å²) in [6.45, 7) is 6.29. The molecular weight excluding hydrogens is 442 g/mol. The molecule has 1 heterocycles. The van der Waals surface area contributed by atoms with Gasteiger partial charge in [-0.15, -0.1) is 11.3 Å². The number of hydrogen-bond donors (Lipinski definition) is 1. The third-order valence-electron chi connectivity index (χ3n) is 5.60. The van der Waals surface area contributed by atoms with E-state index in [-0.39, 0.29) is 0 Å². The van der Waals surface area contributed by atoms with E-state index >= 15 is 0 Å². The molecule has 34 heavy (non-hydrogen) atoms. The fraction of sp³-hybridized carbons (Fsp3) is 0.207. The Hall–Kier alpha value is -3.57. The number of benzene rings is 2. The predicted molar refractivity (Wildman–Crippen MR) is 145 cm³/mol. The van der Waals surface area contributed by atoms with E-state index in [9.17, 15) is 4.79 Å². The maximum atomic E-state index is 11.5. The highest BCUT2D eigenvalue weighted by atomic mass is 32.1. The van der Waals surface area contributed by atoms with E-state index < -0.39 is 0 Å². The molecule has 3 aromatic rings. The lowest BCUT2D eigenvalue weighted by Crippen LogP contribution is -2.03. The Balaban J connectivity index is 2.33. The molecule has 0 saturated carbocycles. The van der Waals surface area contributed by atoms with Crippen LogP contribution >= 0.6 is 11.3 Å². The molecule has 0 aliphatic heterocycles. The fourth-order valence-corrected chi connectivity index (χ4v) is 4.66. The van der Waals surface area contributed by atoms with Crippen LogP contribution in [0.3, 0.4) is 0 Å². The first kappa shape index (κ1) is 25.1. The summed E-state index contributed by atoms with van der Waals surface area (Å²) < 4.78 is 11.1. The number of allylic oxidation sites excluding steroid dienone is 5. The second-order valence-corrected chi connectivity index (χ2v) is 8.58. The van der Waals surface area contributed by atoms with Crippen LogP contribution in [-0.2, 0) is 4.79 Å². The van der Waals surface area contributed by atoms with Gasteiger partial charge in [0.2, 0.25) is 6.41 Å². The molecule has 4 nitrogen and oxygen atoms in total. The Morgan fingerprint density at radius 3 is 2.38 bits per heavy atom. The van der Waals surface area contributed by atoms with Crippen molar-refractivity contribution >= 4 is 40.2 Å². The molecule has 0 atom stereocenters. The number of methoxy groups -OCH3 is 2. The maximum Gasteiger partial charge on any atom is 0.211 e. The first-order chi connectivity index (χ1) is 16.6. The van der Waals surface area contributed by atoms with Gasteiger partial charge in [0.15, 0.2) is 11.5 Å². The summed E-state index contributed by atoms with van der Waals surface area (Å²) in [6.07, 6.45) is 8.11. The van der Waals surface area contributed by atoms with Gasteiger partial charge in [-0.3, -0.25) is 4.79 Å². The van der Waals surface area contributed by atoms with Crippen LogP contribution in [0.15, 0.2) is 72.1 Å². The first-order valence-electron chi connectivity index (χ1n) is 11.2. The highest BCUT2D eigenvalue weighted by Crippen LogP contribution is 2.42. The van der Waals surface area contributed by atoms with E-state index in [4.69, 9.17) is 9.47 Å². The van der Waals surface area contributed by atoms with Crippen molar-refractivity contribution in [3.8, 4) is 11.5 Å². The smallest absolute Gasteiger partial charge is 0.211 e. The van der Waals surface area contributed by atoms with Crippen molar-refractivity contribution in [1.29, 1.82) is 0 Å². The minimum atomic E-state index is 0.554. The van der Waals surface area contributed by atoms with Crippen LogP contribution in [0.5, 0.6) is 11.5 Å². The van der Waals surface area contributed by atoms with Gasteiger partial charge in [0.25, 0.3) is 0 Å². The van der Waals surface area contributed by atoms with E-state index in [1.807, 2.05) is 12.1 Å². The topological polar surface area (TPSA) is 47.6 Å². The molecule has 0 saturated heterocycles. The Labute approximate surface area is 206 Å². The molecule has 3 rings (SSSR count). The third-order valence-corrected chi connectivity index (χ3v) is 6.59. The predicted octanol–water partition coefficient (Wildman–Crippen LogP) is 7.68. The van der Waals surface area contributed by atoms with Crippen molar-refractivity contribution in [2.24, 2.45) is 0 Å². The molecular formula is C29H31NO3S. The molecule has 2 aromatic carbocycles. The molecule has 0 unspecified atom stereocenters. The summed E-state index contributed by atoms with van der Waals surface area (Å²) in [5, 5.41) is 4.93. The van der Waals surface area contributed by atoms with E-state index in [2.05, 4.69) is 80.0 Å². The number of rotatable bonds is 10. The molecule has 0 fully saturated rings. The summed E-state index contributed by atoms with van der Waals surface area (Å²) in [5.74, 6) is 1.15. The molecule has 0 aliphatic rings. The van der Waals surface area contributed by atoms with Crippen molar-refractivity contribution in [1.82, 2.24) is 0 Å². The summed E-state index contributed by atoms with van der Waals surface area (Å²) in [7, 11) is 3.20. The number of carbonyl (C=O) groups excluding carboxylic acids is 1. The average molecular weight is 474 g/mol. The lowest BCUT2D eigenvalue weighted by molar-refractivity contribution is -0.105. The lowest BCUT2D eigenvalue weighted by atomic mass is 9.89. The van der Waals surface area contributed by atoms with Crippen molar-refractivity contribution in [3.05, 3.63) is 93.7 Å². The summed E-state index contributed by atoms with van der Waals surface area (Å²) >= 11 is 1.69. The number of carbonyl (C=O) groups is 1. The Bertz CT molecular complexity index is 1220. The average Bonchev–Trinajstić information content (AvgIpc) is 3.41. The van der Waals surface area contributed by atoms with Crippen molar-refractivity contribution in [2.45, 2.75) is 27.2 Å². The van der Waals surface area contributed by atoms with Gasteiger partial charge in [-0.05, 0) is 71.7 Å². The van der Waals surface area contributed by atoms with Gasteiger partial charge in [-0.2, -0.15) is 0 Å². The van der Waals surface area contributed by atoms with Crippen molar-refractivity contribution in [2.75, 3.05) is 19.5 Å². The summed E-state index contributed by atoms with van der Waals surface area (Å²) in [4.78, 5) is 12.7. The van der Waals surface area contributed by atoms with E-state index in [0.29, 0.717) is 23.6 Å². The quantitative estimate of drug-likeness (QED) is 0.243. The maximum absolute atomic E-state index is 11.5. The molecule has 0 radical (unpaired) electrons. The zero-order valence-electron chi connectivity index (χ0n) is 20.3. The summed E-state index contributed by atoms with van der Waals surface area (Å²) in [5.41, 5.74) is 6.99. The lowest BCUT2D eigenvalue weighted by Gasteiger charge is -2.20. The number of hydrogen-bond acceptors (Lipinski definition) is 4. The van der Waals surface area contributed by atoms with Gasteiger partial charge >= 0.3 is 0 Å². The van der Waals surface area contributed by atoms with Crippen LogP contribution in [-0.4, -0.2) is 20.6 Å². The molecule has 1 amide bonds. The Kier molecular flexibility index (Phi) is 8.88. The minimum absolute atomic E-state index is 0.554. The number of anilines is 1. The Morgan fingerprint density at radius 1 is 1.03 bits per heavy atom. The van der Waals surface area contributed by atoms with Gasteiger partial charge in [0.05, 0.1) is 19.9 Å². The zero-order chi connectivity index (χ0) is 24.5. The molecule has 176 valence electrons. The number of nitrogens with one attached hydrogen (secondary N) is 1. The van der Waals surface area contributed by atoms with Crippen LogP contribution in [0, 0.1) is 0 Å². The Morgan fingerprint density at radius 2 is 1.76 bits per heavy atom. The highest BCUT2D eigenvalue weighted by Gasteiger charge is 2.19. The number of amides is 1. The van der Waals surface area contributed by atoms with Crippen LogP contribution in [0.25, 0.3) is 16.7 Å². The second kappa shape index (κ2) is 12.1. The fourth-order valence-electron chi connectivity index (χ4n) is 3.92. The molecule has 1 aromatic heterocycles. The van der Waals surface area contributed by atoms with Gasteiger partial charge in [-0.1, -0.05) is 49.4 Å². The van der Waals surface area contributed by atoms with E-state index in [1.165, 1.54) is 0 Å². The second-order valence-electron chi connectivity index (χ2n) is 7.63. The van der Waals surface area contributed by atoms with Crippen LogP contribution in [0.4, 0.5) is 5.69 Å². The van der Waals surface area contributed by atoms with E-state index in [0.717, 1.165) is 44.7 Å². The monoisotopic (exact) mass is 473 g/mol. The standard InChI is InChI=1S/C29H31NO3S/c1-6-8-11-21(7-2)22-12-9-13-23(16-22)29(20(3)28-14-10-15-34-28)24-17-26(32-4)27(33-5)18-25(24)30-19-31/h7-19H,6H2,1-5H3,(H,30,31)/b11-8-,21-7+,29-20+. The van der Waals surface area contributed by atoms with Crippen LogP contribution in [0.2, 0.25) is 0 Å². The minimum Gasteiger partial charge on any atom is -0.493 e. The zero-order valence-corrected chi connectivity index (χ0v) is 21.2. The SMILES string of the molecule is C/C=C(\C=C/CC)c1cccc(/C(=C(/C)c2cccs2)c2cc(OC)c(OC)cc2NC=O)c1. The normalized spacial score (nSPS) is 12.4. The van der Waals surface area contributed by atoms with Crippen molar-refractivity contribution in [3.63, 3.8) is 0 Å².